The van der Waals surface area contributed by atoms with Crippen molar-refractivity contribution < 1.29 is 0 Å². The van der Waals surface area contributed by atoms with Gasteiger partial charge in [0, 0.05) is 23.2 Å². The first kappa shape index (κ1) is 16.1. The van der Waals surface area contributed by atoms with E-state index in [0.717, 1.165) is 22.1 Å². The molecule has 6 aromatic rings. The highest BCUT2D eigenvalue weighted by Crippen LogP contribution is 2.20. The van der Waals surface area contributed by atoms with Gasteiger partial charge in [0.25, 0.3) is 0 Å². The largest absolute Gasteiger partial charge is 0.510 e. The predicted molar refractivity (Wildman–Crippen MR) is 120 cm³/mol. The van der Waals surface area contributed by atoms with Crippen LogP contribution in [-0.4, -0.2) is 25.9 Å². The summed E-state index contributed by atoms with van der Waals surface area (Å²) in [5.74, 6) is 0. The Labute approximate surface area is 168 Å². The third-order valence-electron chi connectivity index (χ3n) is 5.58. The van der Waals surface area contributed by atoms with Crippen LogP contribution in [0.4, 0.5) is 0 Å². The number of hydrogen-bond acceptors (Lipinski definition) is 2. The summed E-state index contributed by atoms with van der Waals surface area (Å²) in [6, 6.07) is 27.4. The van der Waals surface area contributed by atoms with Gasteiger partial charge in [0.2, 0.25) is 0 Å². The second-order valence-electron chi connectivity index (χ2n) is 7.22. The van der Waals surface area contributed by atoms with E-state index in [-0.39, 0.29) is 6.98 Å². The minimum Gasteiger partial charge on any atom is -0.510 e. The highest BCUT2D eigenvalue weighted by Gasteiger charge is 2.14. The van der Waals surface area contributed by atoms with Gasteiger partial charge in [-0.05, 0) is 54.2 Å². The van der Waals surface area contributed by atoms with E-state index in [1.807, 2.05) is 24.5 Å². The van der Waals surface area contributed by atoms with Crippen LogP contribution in [-0.2, 0) is 0 Å². The molecule has 0 saturated carbocycles. The molecule has 1 radical (unpaired) electrons. The molecule has 0 aliphatic rings. The quantitative estimate of drug-likeness (QED) is 0.434. The summed E-state index contributed by atoms with van der Waals surface area (Å²) in [5.41, 5.74) is 3.14. The molecule has 4 heterocycles. The zero-order valence-electron chi connectivity index (χ0n) is 15.7. The second-order valence-corrected chi connectivity index (χ2v) is 7.22. The Morgan fingerprint density at radius 3 is 1.83 bits per heavy atom. The Balaban J connectivity index is 1.71. The fourth-order valence-electron chi connectivity index (χ4n) is 4.28. The molecule has 0 atom stereocenters. The summed E-state index contributed by atoms with van der Waals surface area (Å²) in [6.07, 6.45) is 7.95. The van der Waals surface area contributed by atoms with Crippen molar-refractivity contribution in [2.75, 3.05) is 0 Å². The molecule has 0 spiro atoms. The van der Waals surface area contributed by atoms with Crippen molar-refractivity contribution in [3.8, 4) is 0 Å². The molecule has 4 aromatic heterocycles. The van der Waals surface area contributed by atoms with Gasteiger partial charge in [-0.3, -0.25) is 0 Å². The van der Waals surface area contributed by atoms with Crippen LogP contribution in [0.1, 0.15) is 0 Å². The monoisotopic (exact) mass is 372 g/mol. The summed E-state index contributed by atoms with van der Waals surface area (Å²) in [4.78, 5) is 9.37. The minimum atomic E-state index is -0.0964. The standard InChI is InChI=1S/C24H17BN4/c1-2-10-21-18(6-1)7-3-11-22(21)25(28-16-12-19-8-4-14-26-23(19)28)29-17-13-20-9-5-15-27-24(20)29/h1-17H/q-1. The van der Waals surface area contributed by atoms with E-state index < -0.39 is 0 Å². The van der Waals surface area contributed by atoms with Gasteiger partial charge in [0.05, 0.1) is 11.3 Å². The van der Waals surface area contributed by atoms with Gasteiger partial charge in [0.15, 0.2) is 0 Å². The van der Waals surface area contributed by atoms with Gasteiger partial charge in [-0.2, -0.15) is 5.46 Å². The Morgan fingerprint density at radius 2 is 1.14 bits per heavy atom. The maximum Gasteiger partial charge on any atom is 0.120 e. The molecule has 29 heavy (non-hydrogen) atoms. The molecule has 0 fully saturated rings. The van der Waals surface area contributed by atoms with Gasteiger partial charge in [-0.25, -0.2) is 9.97 Å². The molecule has 137 valence electrons. The lowest BCUT2D eigenvalue weighted by atomic mass is 9.65. The van der Waals surface area contributed by atoms with Crippen LogP contribution in [0.3, 0.4) is 0 Å². The lowest BCUT2D eigenvalue weighted by Gasteiger charge is -2.35. The van der Waals surface area contributed by atoms with Crippen molar-refractivity contribution in [2.45, 2.75) is 0 Å². The predicted octanol–water partition coefficient (Wildman–Crippen LogP) is 4.33. The van der Waals surface area contributed by atoms with Crippen LogP contribution in [0.15, 0.2) is 104 Å². The fourth-order valence-corrected chi connectivity index (χ4v) is 4.28. The van der Waals surface area contributed by atoms with E-state index in [9.17, 15) is 0 Å². The molecule has 0 N–H and O–H groups in total. The van der Waals surface area contributed by atoms with Crippen LogP contribution in [0.2, 0.25) is 0 Å². The van der Waals surface area contributed by atoms with Crippen LogP contribution in [0, 0.1) is 0 Å². The van der Waals surface area contributed by atoms with Gasteiger partial charge >= 0.3 is 0 Å². The minimum absolute atomic E-state index is 0.0964. The lowest BCUT2D eigenvalue weighted by molar-refractivity contribution is 1.10. The van der Waals surface area contributed by atoms with E-state index in [1.54, 1.807) is 0 Å². The van der Waals surface area contributed by atoms with Crippen molar-refractivity contribution in [1.29, 1.82) is 0 Å². The highest BCUT2D eigenvalue weighted by atomic mass is 15.1. The molecular formula is C24H17BN4-. The molecule has 6 rings (SSSR count). The van der Waals surface area contributed by atoms with Crippen molar-refractivity contribution in [3.63, 3.8) is 0 Å². The first-order valence-corrected chi connectivity index (χ1v) is 9.71. The molecule has 0 bridgehead atoms. The fraction of sp³-hybridized carbons (Fsp3) is 0. The van der Waals surface area contributed by atoms with E-state index >= 15 is 0 Å². The summed E-state index contributed by atoms with van der Waals surface area (Å²) in [6.45, 7) is -0.0964. The Bertz CT molecular complexity index is 1400. The molecule has 2 aromatic carbocycles. The molecule has 0 aliphatic carbocycles. The molecule has 0 aliphatic heterocycles. The SMILES string of the molecule is c1ccc2c([B-](n3ccc4cccnc43)n3ccc4cccnc43)cccc2c1. The highest BCUT2D eigenvalue weighted by molar-refractivity contribution is 6.74. The number of fused-ring (bicyclic) bond motifs is 3. The first-order valence-electron chi connectivity index (χ1n) is 9.71. The molecular weight excluding hydrogens is 355 g/mol. The Hall–Kier alpha value is -3.86. The lowest BCUT2D eigenvalue weighted by Crippen LogP contribution is -2.45. The topological polar surface area (TPSA) is 35.6 Å². The number of pyridine rings is 2. The number of aromatic nitrogens is 4. The summed E-state index contributed by atoms with van der Waals surface area (Å²) in [7, 11) is 0. The summed E-state index contributed by atoms with van der Waals surface area (Å²) in [5, 5.41) is 4.71. The van der Waals surface area contributed by atoms with Gasteiger partial charge in [-0.1, -0.05) is 47.9 Å². The first-order chi connectivity index (χ1) is 14.4. The Morgan fingerprint density at radius 1 is 0.552 bits per heavy atom. The van der Waals surface area contributed by atoms with Crippen molar-refractivity contribution in [2.24, 2.45) is 0 Å². The van der Waals surface area contributed by atoms with Gasteiger partial charge < -0.3 is 8.96 Å². The summed E-state index contributed by atoms with van der Waals surface area (Å²) >= 11 is 0. The van der Waals surface area contributed by atoms with Crippen molar-refractivity contribution >= 4 is 45.3 Å². The average Bonchev–Trinajstić information content (AvgIpc) is 3.40. The van der Waals surface area contributed by atoms with Crippen molar-refractivity contribution in [1.82, 2.24) is 18.9 Å². The number of benzene rings is 2. The maximum absolute atomic E-state index is 4.69. The molecule has 0 saturated heterocycles. The zero-order chi connectivity index (χ0) is 19.2. The molecule has 0 unspecified atom stereocenters. The number of rotatable bonds is 3. The molecule has 4 nitrogen and oxygen atoms in total. The third-order valence-corrected chi connectivity index (χ3v) is 5.58. The van der Waals surface area contributed by atoms with E-state index in [1.165, 1.54) is 16.2 Å². The average molecular weight is 372 g/mol. The van der Waals surface area contributed by atoms with Crippen LogP contribution >= 0.6 is 0 Å². The van der Waals surface area contributed by atoms with Crippen LogP contribution < -0.4 is 5.46 Å². The summed E-state index contributed by atoms with van der Waals surface area (Å²) < 4.78 is 4.48. The number of hydrogen-bond donors (Lipinski definition) is 0. The normalized spacial score (nSPS) is 11.8. The Kier molecular flexibility index (Phi) is 3.53. The van der Waals surface area contributed by atoms with E-state index in [2.05, 4.69) is 98.0 Å². The maximum atomic E-state index is 4.69. The van der Waals surface area contributed by atoms with E-state index in [4.69, 9.17) is 0 Å². The van der Waals surface area contributed by atoms with Crippen LogP contribution in [0.5, 0.6) is 0 Å². The third kappa shape index (κ3) is 2.48. The zero-order valence-corrected chi connectivity index (χ0v) is 15.7. The molecule has 0 amide bonds. The van der Waals surface area contributed by atoms with Crippen molar-refractivity contribution in [3.05, 3.63) is 104 Å². The van der Waals surface area contributed by atoms with Gasteiger partial charge in [0.1, 0.15) is 6.98 Å². The van der Waals surface area contributed by atoms with Gasteiger partial charge in [-0.15, -0.1) is 0 Å². The van der Waals surface area contributed by atoms with Crippen LogP contribution in [0.25, 0.3) is 32.8 Å². The number of nitrogens with zero attached hydrogens (tertiary/aromatic N) is 4. The van der Waals surface area contributed by atoms with E-state index in [0.29, 0.717) is 0 Å². The second kappa shape index (κ2) is 6.35. The smallest absolute Gasteiger partial charge is 0.120 e. The molecule has 5 heteroatoms.